The maximum absolute atomic E-state index is 12.9. The predicted molar refractivity (Wildman–Crippen MR) is 100 cm³/mol. The standard InChI is InChI=1S/C21H20FN3O/c1-15-3-2-4-17(9-15)12-24-20-10-18(13-23-14-20)21(26)25-11-16-5-7-19(22)8-6-16/h2-10,13-14,24H,11-12H2,1H3,(H,25,26). The lowest BCUT2D eigenvalue weighted by molar-refractivity contribution is 0.0950. The molecule has 0 fully saturated rings. The van der Waals surface area contributed by atoms with Crippen LogP contribution in [0.15, 0.2) is 67.0 Å². The van der Waals surface area contributed by atoms with Crippen LogP contribution in [-0.4, -0.2) is 10.9 Å². The first kappa shape index (κ1) is 17.6. The average Bonchev–Trinajstić information content (AvgIpc) is 2.66. The van der Waals surface area contributed by atoms with Gasteiger partial charge in [-0.15, -0.1) is 0 Å². The Morgan fingerprint density at radius 2 is 1.81 bits per heavy atom. The zero-order valence-corrected chi connectivity index (χ0v) is 14.5. The second-order valence-electron chi connectivity index (χ2n) is 6.11. The summed E-state index contributed by atoms with van der Waals surface area (Å²) in [5, 5.41) is 6.09. The minimum Gasteiger partial charge on any atom is -0.380 e. The molecular weight excluding hydrogens is 329 g/mol. The van der Waals surface area contributed by atoms with E-state index in [2.05, 4.69) is 34.7 Å². The zero-order chi connectivity index (χ0) is 18.4. The monoisotopic (exact) mass is 349 g/mol. The summed E-state index contributed by atoms with van der Waals surface area (Å²) in [6.07, 6.45) is 3.21. The quantitative estimate of drug-likeness (QED) is 0.705. The van der Waals surface area contributed by atoms with Crippen molar-refractivity contribution in [2.24, 2.45) is 0 Å². The number of halogens is 1. The van der Waals surface area contributed by atoms with Gasteiger partial charge < -0.3 is 10.6 Å². The van der Waals surface area contributed by atoms with Crippen molar-refractivity contribution in [2.75, 3.05) is 5.32 Å². The van der Waals surface area contributed by atoms with Gasteiger partial charge in [-0.05, 0) is 36.2 Å². The topological polar surface area (TPSA) is 54.0 Å². The number of carbonyl (C=O) groups excluding carboxylic acids is 1. The maximum Gasteiger partial charge on any atom is 0.253 e. The Balaban J connectivity index is 1.59. The van der Waals surface area contributed by atoms with E-state index in [1.807, 2.05) is 12.1 Å². The van der Waals surface area contributed by atoms with Gasteiger partial charge in [0.2, 0.25) is 0 Å². The van der Waals surface area contributed by atoms with E-state index in [4.69, 9.17) is 0 Å². The van der Waals surface area contributed by atoms with E-state index in [0.717, 1.165) is 16.8 Å². The van der Waals surface area contributed by atoms with Gasteiger partial charge in [0.25, 0.3) is 5.91 Å². The molecule has 0 aliphatic rings. The van der Waals surface area contributed by atoms with Crippen molar-refractivity contribution in [1.29, 1.82) is 0 Å². The Kier molecular flexibility index (Phi) is 5.59. The molecule has 132 valence electrons. The summed E-state index contributed by atoms with van der Waals surface area (Å²) >= 11 is 0. The number of pyridine rings is 1. The molecule has 0 atom stereocenters. The van der Waals surface area contributed by atoms with E-state index >= 15 is 0 Å². The molecule has 0 saturated carbocycles. The van der Waals surface area contributed by atoms with Crippen LogP contribution >= 0.6 is 0 Å². The third kappa shape index (κ3) is 4.89. The Bertz CT molecular complexity index is 894. The first-order valence-corrected chi connectivity index (χ1v) is 8.37. The largest absolute Gasteiger partial charge is 0.380 e. The Morgan fingerprint density at radius 3 is 2.58 bits per heavy atom. The molecule has 0 spiro atoms. The Morgan fingerprint density at radius 1 is 1.00 bits per heavy atom. The van der Waals surface area contributed by atoms with E-state index < -0.39 is 0 Å². The molecule has 0 saturated heterocycles. The number of benzene rings is 2. The van der Waals surface area contributed by atoms with Crippen LogP contribution in [0.5, 0.6) is 0 Å². The average molecular weight is 349 g/mol. The minimum atomic E-state index is -0.295. The second kappa shape index (κ2) is 8.25. The SMILES string of the molecule is Cc1cccc(CNc2cncc(C(=O)NCc3ccc(F)cc3)c2)c1. The molecule has 3 rings (SSSR count). The maximum atomic E-state index is 12.9. The molecule has 1 aromatic heterocycles. The molecule has 3 aromatic rings. The molecule has 0 aliphatic heterocycles. The van der Waals surface area contributed by atoms with E-state index in [1.165, 1.54) is 23.9 Å². The summed E-state index contributed by atoms with van der Waals surface area (Å²) < 4.78 is 12.9. The summed E-state index contributed by atoms with van der Waals surface area (Å²) in [5.74, 6) is -0.516. The van der Waals surface area contributed by atoms with Crippen molar-refractivity contribution in [3.8, 4) is 0 Å². The lowest BCUT2D eigenvalue weighted by Crippen LogP contribution is -2.23. The van der Waals surface area contributed by atoms with E-state index in [-0.39, 0.29) is 11.7 Å². The van der Waals surface area contributed by atoms with Gasteiger partial charge in [-0.3, -0.25) is 9.78 Å². The number of aromatic nitrogens is 1. The molecule has 4 nitrogen and oxygen atoms in total. The normalized spacial score (nSPS) is 10.4. The van der Waals surface area contributed by atoms with Crippen molar-refractivity contribution >= 4 is 11.6 Å². The van der Waals surface area contributed by atoms with E-state index in [1.54, 1.807) is 24.4 Å². The summed E-state index contributed by atoms with van der Waals surface area (Å²) in [6, 6.07) is 16.0. The predicted octanol–water partition coefficient (Wildman–Crippen LogP) is 4.07. The molecule has 2 N–H and O–H groups in total. The van der Waals surface area contributed by atoms with Gasteiger partial charge in [-0.1, -0.05) is 42.0 Å². The van der Waals surface area contributed by atoms with Crippen molar-refractivity contribution < 1.29 is 9.18 Å². The number of rotatable bonds is 6. The van der Waals surface area contributed by atoms with Gasteiger partial charge in [0, 0.05) is 25.5 Å². The molecule has 0 unspecified atom stereocenters. The molecule has 1 amide bonds. The number of amides is 1. The lowest BCUT2D eigenvalue weighted by Gasteiger charge is -2.09. The van der Waals surface area contributed by atoms with Crippen LogP contribution in [0.25, 0.3) is 0 Å². The third-order valence-electron chi connectivity index (χ3n) is 3.95. The number of nitrogens with one attached hydrogen (secondary N) is 2. The number of aryl methyl sites for hydroxylation is 1. The smallest absolute Gasteiger partial charge is 0.253 e. The zero-order valence-electron chi connectivity index (χ0n) is 14.5. The number of hydrogen-bond acceptors (Lipinski definition) is 3. The number of nitrogens with zero attached hydrogens (tertiary/aromatic N) is 1. The molecule has 2 aromatic carbocycles. The van der Waals surface area contributed by atoms with Crippen LogP contribution in [-0.2, 0) is 13.1 Å². The summed E-state index contributed by atoms with van der Waals surface area (Å²) in [5.41, 5.74) is 4.45. The Hall–Kier alpha value is -3.21. The van der Waals surface area contributed by atoms with Gasteiger partial charge in [0.1, 0.15) is 5.82 Å². The van der Waals surface area contributed by atoms with Gasteiger partial charge >= 0.3 is 0 Å². The van der Waals surface area contributed by atoms with Crippen molar-refractivity contribution in [3.05, 3.63) is 95.1 Å². The summed E-state index contributed by atoms with van der Waals surface area (Å²) in [6.45, 7) is 3.04. The molecule has 0 aliphatic carbocycles. The fourth-order valence-corrected chi connectivity index (χ4v) is 2.57. The van der Waals surface area contributed by atoms with Gasteiger partial charge in [0.15, 0.2) is 0 Å². The number of hydrogen-bond donors (Lipinski definition) is 2. The highest BCUT2D eigenvalue weighted by Crippen LogP contribution is 2.12. The first-order chi connectivity index (χ1) is 12.6. The van der Waals surface area contributed by atoms with Crippen LogP contribution in [0.3, 0.4) is 0 Å². The summed E-state index contributed by atoms with van der Waals surface area (Å²) in [7, 11) is 0. The van der Waals surface area contributed by atoms with Gasteiger partial charge in [0.05, 0.1) is 11.3 Å². The second-order valence-corrected chi connectivity index (χ2v) is 6.11. The van der Waals surface area contributed by atoms with Crippen molar-refractivity contribution in [2.45, 2.75) is 20.0 Å². The number of carbonyl (C=O) groups is 1. The van der Waals surface area contributed by atoms with Crippen molar-refractivity contribution in [1.82, 2.24) is 10.3 Å². The van der Waals surface area contributed by atoms with Crippen LogP contribution in [0.1, 0.15) is 27.0 Å². The molecule has 5 heteroatoms. The first-order valence-electron chi connectivity index (χ1n) is 8.37. The van der Waals surface area contributed by atoms with Gasteiger partial charge in [-0.2, -0.15) is 0 Å². The molecule has 26 heavy (non-hydrogen) atoms. The van der Waals surface area contributed by atoms with Crippen LogP contribution in [0, 0.1) is 12.7 Å². The van der Waals surface area contributed by atoms with Gasteiger partial charge in [-0.25, -0.2) is 4.39 Å². The lowest BCUT2D eigenvalue weighted by atomic mass is 10.1. The minimum absolute atomic E-state index is 0.221. The Labute approximate surface area is 152 Å². The van der Waals surface area contributed by atoms with Crippen LogP contribution in [0.4, 0.5) is 10.1 Å². The summed E-state index contributed by atoms with van der Waals surface area (Å²) in [4.78, 5) is 16.4. The fourth-order valence-electron chi connectivity index (χ4n) is 2.57. The van der Waals surface area contributed by atoms with E-state index in [9.17, 15) is 9.18 Å². The number of anilines is 1. The van der Waals surface area contributed by atoms with Crippen molar-refractivity contribution in [3.63, 3.8) is 0 Å². The van der Waals surface area contributed by atoms with Crippen LogP contribution < -0.4 is 10.6 Å². The van der Waals surface area contributed by atoms with E-state index in [0.29, 0.717) is 18.7 Å². The highest BCUT2D eigenvalue weighted by molar-refractivity contribution is 5.94. The molecular formula is C21H20FN3O. The molecule has 0 radical (unpaired) electrons. The molecule has 1 heterocycles. The third-order valence-corrected chi connectivity index (χ3v) is 3.95. The highest BCUT2D eigenvalue weighted by Gasteiger charge is 2.07. The molecule has 0 bridgehead atoms. The highest BCUT2D eigenvalue weighted by atomic mass is 19.1. The van der Waals surface area contributed by atoms with Crippen LogP contribution in [0.2, 0.25) is 0 Å². The fraction of sp³-hybridized carbons (Fsp3) is 0.143.